The maximum Gasteiger partial charge on any atom is 0.220 e. The lowest BCUT2D eigenvalue weighted by Gasteiger charge is -2.19. The fraction of sp³-hybridized carbons (Fsp3) is 0.350. The van der Waals surface area contributed by atoms with Gasteiger partial charge in [0.05, 0.1) is 28.4 Å². The van der Waals surface area contributed by atoms with Crippen molar-refractivity contribution < 1.29 is 18.9 Å². The number of benzene rings is 1. The highest BCUT2D eigenvalue weighted by molar-refractivity contribution is 5.82. The molecule has 3 rings (SSSR count). The second-order valence-electron chi connectivity index (χ2n) is 6.10. The van der Waals surface area contributed by atoms with Gasteiger partial charge in [-0.15, -0.1) is 0 Å². The molecular formula is C20H23NO5. The number of rotatable bonds is 4. The van der Waals surface area contributed by atoms with Gasteiger partial charge >= 0.3 is 0 Å². The van der Waals surface area contributed by atoms with Crippen LogP contribution in [-0.4, -0.2) is 28.4 Å². The van der Waals surface area contributed by atoms with E-state index in [-0.39, 0.29) is 17.2 Å². The first-order valence-corrected chi connectivity index (χ1v) is 8.35. The molecule has 0 saturated heterocycles. The van der Waals surface area contributed by atoms with Crippen LogP contribution >= 0.6 is 0 Å². The molecule has 0 saturated carbocycles. The van der Waals surface area contributed by atoms with E-state index in [1.54, 1.807) is 33.5 Å². The normalized spacial score (nSPS) is 15.3. The van der Waals surface area contributed by atoms with Crippen LogP contribution in [0.5, 0.6) is 23.0 Å². The molecule has 6 heteroatoms. The topological polar surface area (TPSA) is 80.0 Å². The molecule has 6 nitrogen and oxygen atoms in total. The summed E-state index contributed by atoms with van der Waals surface area (Å²) in [7, 11) is 6.23. The third-order valence-electron chi connectivity index (χ3n) is 4.77. The van der Waals surface area contributed by atoms with Crippen LogP contribution in [0.3, 0.4) is 0 Å². The highest BCUT2D eigenvalue weighted by atomic mass is 16.5. The predicted octanol–water partition coefficient (Wildman–Crippen LogP) is 2.69. The molecule has 1 atom stereocenters. The van der Waals surface area contributed by atoms with Crippen LogP contribution in [-0.2, 0) is 6.42 Å². The molecule has 26 heavy (non-hydrogen) atoms. The van der Waals surface area contributed by atoms with Gasteiger partial charge in [-0.3, -0.25) is 4.79 Å². The van der Waals surface area contributed by atoms with E-state index in [1.807, 2.05) is 12.1 Å². The van der Waals surface area contributed by atoms with Gasteiger partial charge in [0.15, 0.2) is 17.2 Å². The number of methoxy groups -OCH3 is 4. The molecule has 0 radical (unpaired) electrons. The third-order valence-corrected chi connectivity index (χ3v) is 4.77. The number of aryl methyl sites for hydroxylation is 1. The van der Waals surface area contributed by atoms with Gasteiger partial charge in [0, 0.05) is 11.6 Å². The van der Waals surface area contributed by atoms with Crippen molar-refractivity contribution in [2.24, 2.45) is 5.73 Å². The Hall–Kier alpha value is -2.73. The molecule has 0 spiro atoms. The maximum atomic E-state index is 12.4. The smallest absolute Gasteiger partial charge is 0.220 e. The lowest BCUT2D eigenvalue weighted by molar-refractivity contribution is 0.324. The summed E-state index contributed by atoms with van der Waals surface area (Å²) < 4.78 is 21.9. The number of hydrogen-bond acceptors (Lipinski definition) is 6. The number of hydrogen-bond donors (Lipinski definition) is 1. The standard InChI is InChI=1S/C20H23NO5/c1-23-16-8-6-12-13(10-15(16)22)14(21)7-5-11-9-17(24-2)19(25-3)20(26-4)18(11)12/h6,8-10,14H,5,7,21H2,1-4H3/t14-/m1/s1. The van der Waals surface area contributed by atoms with Gasteiger partial charge in [-0.05, 0) is 47.7 Å². The molecule has 0 unspecified atom stereocenters. The van der Waals surface area contributed by atoms with Crippen LogP contribution in [0.2, 0.25) is 0 Å². The monoisotopic (exact) mass is 357 g/mol. The van der Waals surface area contributed by atoms with Crippen molar-refractivity contribution in [2.75, 3.05) is 28.4 Å². The molecule has 0 amide bonds. The van der Waals surface area contributed by atoms with E-state index in [9.17, 15) is 4.79 Å². The van der Waals surface area contributed by atoms with Gasteiger partial charge in [0.2, 0.25) is 11.2 Å². The summed E-state index contributed by atoms with van der Waals surface area (Å²) in [6.45, 7) is 0. The Morgan fingerprint density at radius 2 is 1.62 bits per heavy atom. The molecule has 1 aliphatic carbocycles. The first-order valence-electron chi connectivity index (χ1n) is 8.35. The molecular weight excluding hydrogens is 334 g/mol. The zero-order valence-corrected chi connectivity index (χ0v) is 15.4. The van der Waals surface area contributed by atoms with Gasteiger partial charge in [-0.25, -0.2) is 0 Å². The Labute approximate surface area is 152 Å². The average molecular weight is 357 g/mol. The van der Waals surface area contributed by atoms with E-state index in [2.05, 4.69) is 0 Å². The number of nitrogens with two attached hydrogens (primary N) is 1. The Morgan fingerprint density at radius 3 is 2.23 bits per heavy atom. The van der Waals surface area contributed by atoms with Crippen LogP contribution in [0.1, 0.15) is 23.6 Å². The Kier molecular flexibility index (Phi) is 5.04. The Morgan fingerprint density at radius 1 is 0.923 bits per heavy atom. The minimum atomic E-state index is -0.274. The molecule has 0 bridgehead atoms. The van der Waals surface area contributed by atoms with E-state index in [0.717, 1.165) is 28.7 Å². The largest absolute Gasteiger partial charge is 0.493 e. The fourth-order valence-electron chi connectivity index (χ4n) is 3.50. The van der Waals surface area contributed by atoms with E-state index >= 15 is 0 Å². The summed E-state index contributed by atoms with van der Waals surface area (Å²) in [5.41, 5.74) is 9.69. The van der Waals surface area contributed by atoms with Crippen molar-refractivity contribution in [3.63, 3.8) is 0 Å². The third kappa shape index (κ3) is 2.86. The summed E-state index contributed by atoms with van der Waals surface area (Å²) in [5.74, 6) is 1.94. The first kappa shape index (κ1) is 18.1. The lowest BCUT2D eigenvalue weighted by Crippen LogP contribution is -2.12. The first-order chi connectivity index (χ1) is 12.5. The van der Waals surface area contributed by atoms with Gasteiger partial charge in [-0.2, -0.15) is 0 Å². The van der Waals surface area contributed by atoms with E-state index < -0.39 is 0 Å². The van der Waals surface area contributed by atoms with Crippen molar-refractivity contribution in [1.82, 2.24) is 0 Å². The van der Waals surface area contributed by atoms with Crippen molar-refractivity contribution in [3.05, 3.63) is 45.6 Å². The van der Waals surface area contributed by atoms with E-state index in [0.29, 0.717) is 23.7 Å². The zero-order valence-electron chi connectivity index (χ0n) is 15.4. The summed E-state index contributed by atoms with van der Waals surface area (Å²) in [5, 5.41) is 0. The van der Waals surface area contributed by atoms with Crippen molar-refractivity contribution in [2.45, 2.75) is 18.9 Å². The molecule has 0 heterocycles. The Bertz CT molecular complexity index is 894. The highest BCUT2D eigenvalue weighted by Gasteiger charge is 2.27. The molecule has 138 valence electrons. The quantitative estimate of drug-likeness (QED) is 0.906. The molecule has 2 aromatic carbocycles. The van der Waals surface area contributed by atoms with Gasteiger partial charge in [-0.1, -0.05) is 6.07 Å². The van der Waals surface area contributed by atoms with Crippen molar-refractivity contribution in [1.29, 1.82) is 0 Å². The van der Waals surface area contributed by atoms with Crippen LogP contribution in [0.25, 0.3) is 11.1 Å². The second-order valence-corrected chi connectivity index (χ2v) is 6.10. The highest BCUT2D eigenvalue weighted by Crippen LogP contribution is 2.49. The number of ether oxygens (including phenoxy) is 4. The maximum absolute atomic E-state index is 12.4. The van der Waals surface area contributed by atoms with E-state index in [4.69, 9.17) is 24.7 Å². The van der Waals surface area contributed by atoms with Crippen LogP contribution in [0.4, 0.5) is 0 Å². The Balaban J connectivity index is 2.43. The molecule has 0 aromatic heterocycles. The molecule has 1 aliphatic rings. The fourth-order valence-corrected chi connectivity index (χ4v) is 3.50. The average Bonchev–Trinajstić information content (AvgIpc) is 2.89. The molecule has 2 aromatic rings. The number of fused-ring (bicyclic) bond motifs is 3. The second kappa shape index (κ2) is 7.25. The summed E-state index contributed by atoms with van der Waals surface area (Å²) >= 11 is 0. The zero-order chi connectivity index (χ0) is 18.8. The van der Waals surface area contributed by atoms with Crippen LogP contribution in [0, 0.1) is 0 Å². The van der Waals surface area contributed by atoms with Gasteiger partial charge < -0.3 is 24.7 Å². The van der Waals surface area contributed by atoms with Gasteiger partial charge in [0.25, 0.3) is 0 Å². The van der Waals surface area contributed by atoms with Crippen LogP contribution in [0.15, 0.2) is 29.1 Å². The minimum absolute atomic E-state index is 0.202. The SMILES string of the molecule is COc1cc2c(c(OC)c1OC)-c1ccc(OC)c(=O)cc1[C@H](N)CC2. The lowest BCUT2D eigenvalue weighted by atomic mass is 9.95. The predicted molar refractivity (Wildman–Crippen MR) is 99.6 cm³/mol. The van der Waals surface area contributed by atoms with Gasteiger partial charge in [0.1, 0.15) is 0 Å². The summed E-state index contributed by atoms with van der Waals surface area (Å²) in [6, 6.07) is 6.75. The molecule has 0 fully saturated rings. The minimum Gasteiger partial charge on any atom is -0.493 e. The molecule has 0 aliphatic heterocycles. The van der Waals surface area contributed by atoms with E-state index in [1.165, 1.54) is 7.11 Å². The van der Waals surface area contributed by atoms with Crippen LogP contribution < -0.4 is 30.1 Å². The molecule has 2 N–H and O–H groups in total. The summed E-state index contributed by atoms with van der Waals surface area (Å²) in [6.07, 6.45) is 1.43. The van der Waals surface area contributed by atoms with Crippen molar-refractivity contribution >= 4 is 0 Å². The summed E-state index contributed by atoms with van der Waals surface area (Å²) in [4.78, 5) is 12.4. The van der Waals surface area contributed by atoms with Crippen molar-refractivity contribution in [3.8, 4) is 34.1 Å².